The molecule has 0 saturated heterocycles. The van der Waals surface area contributed by atoms with Crippen LogP contribution in [0, 0.1) is 0 Å². The van der Waals surface area contributed by atoms with Gasteiger partial charge in [0.2, 0.25) is 0 Å². The van der Waals surface area contributed by atoms with Gasteiger partial charge < -0.3 is 14.8 Å². The molecule has 8 heteroatoms. The Morgan fingerprint density at radius 3 is 2.27 bits per heavy atom. The number of methoxy groups -OCH3 is 1. The molecular formula is C22H28BrN3O4. The minimum Gasteiger partial charge on any atom is -0.497 e. The number of ether oxygens (including phenoxy) is 2. The Morgan fingerprint density at radius 2 is 1.70 bits per heavy atom. The molecule has 0 saturated carbocycles. The van der Waals surface area contributed by atoms with Crippen LogP contribution in [0.15, 0.2) is 34.9 Å². The van der Waals surface area contributed by atoms with Gasteiger partial charge in [-0.25, -0.2) is 9.78 Å². The van der Waals surface area contributed by atoms with E-state index in [1.165, 1.54) is 6.20 Å². The van der Waals surface area contributed by atoms with Gasteiger partial charge in [0.25, 0.3) is 5.91 Å². The lowest BCUT2D eigenvalue weighted by Crippen LogP contribution is -2.40. The van der Waals surface area contributed by atoms with Gasteiger partial charge in [-0.3, -0.25) is 10.1 Å². The van der Waals surface area contributed by atoms with Gasteiger partial charge >= 0.3 is 6.09 Å². The van der Waals surface area contributed by atoms with Crippen molar-refractivity contribution >= 4 is 33.6 Å². The van der Waals surface area contributed by atoms with Gasteiger partial charge in [-0.05, 0) is 65.8 Å². The molecule has 1 aromatic carbocycles. The van der Waals surface area contributed by atoms with Crippen LogP contribution in [0.1, 0.15) is 52.0 Å². The number of benzene rings is 1. The van der Waals surface area contributed by atoms with Crippen molar-refractivity contribution in [2.75, 3.05) is 12.4 Å². The third kappa shape index (κ3) is 6.73. The number of halogens is 1. The molecule has 2 amide bonds. The Kier molecular flexibility index (Phi) is 7.13. The second-order valence-corrected chi connectivity index (χ2v) is 9.65. The summed E-state index contributed by atoms with van der Waals surface area (Å²) in [7, 11) is 1.57. The van der Waals surface area contributed by atoms with Crippen LogP contribution in [0.25, 0.3) is 11.1 Å². The van der Waals surface area contributed by atoms with E-state index in [2.05, 4.69) is 31.5 Å². The van der Waals surface area contributed by atoms with Crippen molar-refractivity contribution in [2.45, 2.75) is 52.7 Å². The van der Waals surface area contributed by atoms with Crippen molar-refractivity contribution in [2.24, 2.45) is 0 Å². The number of aromatic nitrogens is 1. The van der Waals surface area contributed by atoms with Gasteiger partial charge in [0, 0.05) is 21.1 Å². The molecule has 0 aliphatic carbocycles. The second kappa shape index (κ2) is 9.04. The molecule has 2 aromatic rings. The third-order valence-corrected chi connectivity index (χ3v) is 4.42. The first-order valence-corrected chi connectivity index (χ1v) is 10.2. The molecule has 0 aliphatic rings. The first-order chi connectivity index (χ1) is 13.8. The molecule has 2 rings (SSSR count). The molecule has 2 N–H and O–H groups in total. The van der Waals surface area contributed by atoms with Crippen LogP contribution in [-0.4, -0.2) is 35.2 Å². The average molecular weight is 478 g/mol. The average Bonchev–Trinajstić information content (AvgIpc) is 2.59. The predicted octanol–water partition coefficient (Wildman–Crippen LogP) is 5.40. The largest absolute Gasteiger partial charge is 0.497 e. The number of nitrogens with one attached hydrogen (secondary N) is 2. The van der Waals surface area contributed by atoms with Crippen LogP contribution in [0.2, 0.25) is 0 Å². The third-order valence-electron chi connectivity index (χ3n) is 3.72. The highest BCUT2D eigenvalue weighted by atomic mass is 79.9. The van der Waals surface area contributed by atoms with Crippen LogP contribution >= 0.6 is 15.9 Å². The number of carbonyl (C=O) groups is 2. The van der Waals surface area contributed by atoms with Crippen LogP contribution in [0.3, 0.4) is 0 Å². The van der Waals surface area contributed by atoms with Gasteiger partial charge in [0.1, 0.15) is 17.0 Å². The molecule has 1 heterocycles. The van der Waals surface area contributed by atoms with Crippen LogP contribution < -0.4 is 15.4 Å². The highest BCUT2D eigenvalue weighted by molar-refractivity contribution is 9.10. The lowest BCUT2D eigenvalue weighted by molar-refractivity contribution is 0.0635. The molecule has 0 unspecified atom stereocenters. The fraction of sp³-hybridized carbons (Fsp3) is 0.409. The summed E-state index contributed by atoms with van der Waals surface area (Å²) in [5, 5.41) is 5.62. The summed E-state index contributed by atoms with van der Waals surface area (Å²) in [5.74, 6) is 0.320. The molecule has 0 bridgehead atoms. The van der Waals surface area contributed by atoms with Crippen molar-refractivity contribution in [1.82, 2.24) is 10.3 Å². The monoisotopic (exact) mass is 477 g/mol. The van der Waals surface area contributed by atoms with Crippen molar-refractivity contribution < 1.29 is 19.1 Å². The number of nitrogens with zero attached hydrogens (tertiary/aromatic N) is 1. The summed E-state index contributed by atoms with van der Waals surface area (Å²) < 4.78 is 11.5. The minimum atomic E-state index is -0.652. The van der Waals surface area contributed by atoms with E-state index in [1.807, 2.05) is 39.0 Å². The Morgan fingerprint density at radius 1 is 1.03 bits per heavy atom. The van der Waals surface area contributed by atoms with Crippen molar-refractivity contribution in [3.8, 4) is 16.9 Å². The molecule has 0 radical (unpaired) electrons. The zero-order chi connectivity index (χ0) is 22.7. The molecule has 0 atom stereocenters. The Bertz CT molecular complexity index is 946. The first kappa shape index (κ1) is 23.7. The van der Waals surface area contributed by atoms with Crippen LogP contribution in [0.5, 0.6) is 5.75 Å². The summed E-state index contributed by atoms with van der Waals surface area (Å²) >= 11 is 3.54. The van der Waals surface area contributed by atoms with E-state index >= 15 is 0 Å². The molecule has 0 spiro atoms. The lowest BCUT2D eigenvalue weighted by Gasteiger charge is -2.22. The zero-order valence-electron chi connectivity index (χ0n) is 18.3. The van der Waals surface area contributed by atoms with Gasteiger partial charge in [0.05, 0.1) is 19.0 Å². The summed E-state index contributed by atoms with van der Waals surface area (Å²) in [6, 6.07) is 7.09. The molecule has 162 valence electrons. The Balaban J connectivity index is 2.54. The minimum absolute atomic E-state index is 0.226. The number of hydrogen-bond donors (Lipinski definition) is 2. The quantitative estimate of drug-likeness (QED) is 0.615. The fourth-order valence-corrected chi connectivity index (χ4v) is 3.02. The maximum absolute atomic E-state index is 12.7. The van der Waals surface area contributed by atoms with E-state index < -0.39 is 17.2 Å². The zero-order valence-corrected chi connectivity index (χ0v) is 19.9. The second-order valence-electron chi connectivity index (χ2n) is 8.79. The van der Waals surface area contributed by atoms with E-state index in [0.29, 0.717) is 17.0 Å². The van der Waals surface area contributed by atoms with E-state index in [9.17, 15) is 9.59 Å². The van der Waals surface area contributed by atoms with Crippen molar-refractivity contribution in [1.29, 1.82) is 0 Å². The highest BCUT2D eigenvalue weighted by Crippen LogP contribution is 2.36. The summed E-state index contributed by atoms with van der Waals surface area (Å²) in [4.78, 5) is 29.2. The number of amides is 2. The Hall–Kier alpha value is -2.61. The summed E-state index contributed by atoms with van der Waals surface area (Å²) in [5.41, 5.74) is 0.896. The Labute approximate surface area is 185 Å². The van der Waals surface area contributed by atoms with Gasteiger partial charge in [-0.15, -0.1) is 0 Å². The normalized spacial score (nSPS) is 11.6. The summed E-state index contributed by atoms with van der Waals surface area (Å²) in [6.07, 6.45) is 0.833. The summed E-state index contributed by atoms with van der Waals surface area (Å²) in [6.45, 7) is 11.0. The molecule has 0 aliphatic heterocycles. The van der Waals surface area contributed by atoms with Crippen LogP contribution in [-0.2, 0) is 4.74 Å². The predicted molar refractivity (Wildman–Crippen MR) is 121 cm³/mol. The van der Waals surface area contributed by atoms with E-state index in [0.717, 1.165) is 10.0 Å². The number of rotatable bonds is 4. The SMILES string of the molecule is COc1ccc(Br)c(-c2cc(C(=O)NC(C)(C)C)ncc2NC(=O)OC(C)(C)C)c1. The van der Waals surface area contributed by atoms with Gasteiger partial charge in [0.15, 0.2) is 0 Å². The van der Waals surface area contributed by atoms with E-state index in [4.69, 9.17) is 9.47 Å². The maximum Gasteiger partial charge on any atom is 0.412 e. The fourth-order valence-electron chi connectivity index (χ4n) is 2.56. The molecule has 30 heavy (non-hydrogen) atoms. The standard InChI is InChI=1S/C22H28BrN3O4/c1-21(2,3)26-19(27)17-11-15(14-10-13(29-7)8-9-16(14)23)18(12-24-17)25-20(28)30-22(4,5)6/h8-12H,1-7H3,(H,25,28)(H,26,27). The maximum atomic E-state index is 12.7. The topological polar surface area (TPSA) is 89.5 Å². The molecule has 7 nitrogen and oxygen atoms in total. The molecular weight excluding hydrogens is 450 g/mol. The number of anilines is 1. The first-order valence-electron chi connectivity index (χ1n) is 9.45. The number of carbonyl (C=O) groups excluding carboxylic acids is 2. The van der Waals surface area contributed by atoms with Crippen LogP contribution in [0.4, 0.5) is 10.5 Å². The lowest BCUT2D eigenvalue weighted by atomic mass is 10.0. The molecule has 0 fully saturated rings. The van der Waals surface area contributed by atoms with E-state index in [-0.39, 0.29) is 11.6 Å². The van der Waals surface area contributed by atoms with Gasteiger partial charge in [-0.2, -0.15) is 0 Å². The number of pyridine rings is 1. The smallest absolute Gasteiger partial charge is 0.412 e. The van der Waals surface area contributed by atoms with Gasteiger partial charge in [-0.1, -0.05) is 15.9 Å². The van der Waals surface area contributed by atoms with Crippen molar-refractivity contribution in [3.63, 3.8) is 0 Å². The molecule has 1 aromatic heterocycles. The van der Waals surface area contributed by atoms with Crippen molar-refractivity contribution in [3.05, 3.63) is 40.6 Å². The highest BCUT2D eigenvalue weighted by Gasteiger charge is 2.22. The van der Waals surface area contributed by atoms with E-state index in [1.54, 1.807) is 33.9 Å². The number of hydrogen-bond acceptors (Lipinski definition) is 5.